The molecular formula is C19H20N8O7S3. The van der Waals surface area contributed by atoms with Gasteiger partial charge in [0.1, 0.15) is 29.4 Å². The molecule has 1 unspecified atom stereocenters. The van der Waals surface area contributed by atoms with E-state index in [-0.39, 0.29) is 45.5 Å². The summed E-state index contributed by atoms with van der Waals surface area (Å²) >= 11 is 3.42. The van der Waals surface area contributed by atoms with Gasteiger partial charge in [-0.3, -0.25) is 28.6 Å². The smallest absolute Gasteiger partial charge is 0.352 e. The number of thioether (sulfide) groups is 2. The van der Waals surface area contributed by atoms with Crippen LogP contribution in [0.25, 0.3) is 0 Å². The molecule has 0 aliphatic carbocycles. The summed E-state index contributed by atoms with van der Waals surface area (Å²) < 4.78 is 1.06. The number of nitrogens with zero attached hydrogens (tertiary/aromatic N) is 5. The number of fused-ring (bicyclic) bond motifs is 1. The second-order valence-electron chi connectivity index (χ2n) is 7.54. The predicted octanol–water partition coefficient (Wildman–Crippen LogP) is -1.22. The molecule has 2 atom stereocenters. The number of anilines is 1. The van der Waals surface area contributed by atoms with Crippen molar-refractivity contribution in [3.8, 4) is 0 Å². The van der Waals surface area contributed by atoms with Crippen LogP contribution >= 0.6 is 34.9 Å². The third kappa shape index (κ3) is 5.12. The first kappa shape index (κ1) is 26.4. The van der Waals surface area contributed by atoms with Gasteiger partial charge in [-0.25, -0.2) is 14.9 Å². The number of aromatic nitrogens is 4. The molecule has 1 saturated heterocycles. The van der Waals surface area contributed by atoms with Gasteiger partial charge in [0.2, 0.25) is 0 Å². The lowest BCUT2D eigenvalue weighted by Gasteiger charge is -2.49. The Hall–Kier alpha value is -3.64. The van der Waals surface area contributed by atoms with E-state index >= 15 is 0 Å². The zero-order valence-electron chi connectivity index (χ0n) is 19.3. The molecular weight excluding hydrogens is 548 g/mol. The van der Waals surface area contributed by atoms with E-state index in [0.29, 0.717) is 5.57 Å². The van der Waals surface area contributed by atoms with E-state index in [1.54, 1.807) is 6.92 Å². The Kier molecular flexibility index (Phi) is 7.69. The molecule has 0 aromatic carbocycles. The number of thiazole rings is 1. The van der Waals surface area contributed by atoms with Gasteiger partial charge in [-0.15, -0.1) is 28.2 Å². The van der Waals surface area contributed by atoms with E-state index < -0.39 is 40.3 Å². The SMILES string of the molecule is CCON=C(C(=O)NC1C(=O)N2C(C(=O)O)=C(CSc3n[nH]c(=O)c(=O)n3C)CS[C@@H]12)c1csc(N)n1. The van der Waals surface area contributed by atoms with Gasteiger partial charge in [-0.05, 0) is 12.5 Å². The van der Waals surface area contributed by atoms with Gasteiger partial charge in [0.25, 0.3) is 11.8 Å². The van der Waals surface area contributed by atoms with Crippen LogP contribution in [0.2, 0.25) is 0 Å². The Morgan fingerprint density at radius 3 is 2.81 bits per heavy atom. The zero-order chi connectivity index (χ0) is 26.9. The molecule has 4 rings (SSSR count). The molecule has 15 nitrogen and oxygen atoms in total. The number of H-pyrrole nitrogens is 1. The molecule has 18 heteroatoms. The number of carboxylic acid groups (broad SMARTS) is 1. The Labute approximate surface area is 220 Å². The third-order valence-corrected chi connectivity index (χ3v) is 8.35. The highest BCUT2D eigenvalue weighted by molar-refractivity contribution is 8.01. The number of hydrogen-bond donors (Lipinski definition) is 4. The van der Waals surface area contributed by atoms with Crippen LogP contribution < -0.4 is 22.2 Å². The molecule has 1 fully saturated rings. The third-order valence-electron chi connectivity index (χ3n) is 5.22. The van der Waals surface area contributed by atoms with Gasteiger partial charge in [0.15, 0.2) is 16.0 Å². The van der Waals surface area contributed by atoms with E-state index in [1.165, 1.54) is 24.2 Å². The van der Waals surface area contributed by atoms with Crippen LogP contribution in [0, 0.1) is 0 Å². The summed E-state index contributed by atoms with van der Waals surface area (Å²) in [6.07, 6.45) is 0. The molecule has 2 aliphatic rings. The molecule has 0 saturated carbocycles. The second-order valence-corrected chi connectivity index (χ2v) is 10.5. The van der Waals surface area contributed by atoms with Crippen LogP contribution in [-0.2, 0) is 26.3 Å². The fraction of sp³-hybridized carbons (Fsp3) is 0.368. The van der Waals surface area contributed by atoms with Crippen LogP contribution in [0.4, 0.5) is 5.13 Å². The standard InChI is InChI=1S/C19H20N8O7S3/c1-3-34-25-9(8-6-36-18(20)21-8)12(28)22-10-14(30)27-11(17(32)33)7(4-35-16(10)27)5-37-19-24-23-13(29)15(31)26(19)2/h6,10,16H,3-5H2,1-2H3,(H2,20,21)(H,22,28)(H,23,29)(H,32,33)/t10?,16-/m0/s1. The van der Waals surface area contributed by atoms with Gasteiger partial charge in [-0.1, -0.05) is 16.9 Å². The fourth-order valence-electron chi connectivity index (χ4n) is 3.48. The maximum atomic E-state index is 13.0. The van der Waals surface area contributed by atoms with Gasteiger partial charge in [-0.2, -0.15) is 0 Å². The molecule has 2 aromatic rings. The van der Waals surface area contributed by atoms with E-state index in [9.17, 15) is 29.1 Å². The summed E-state index contributed by atoms with van der Waals surface area (Å²) in [5, 5.41) is 23.4. The van der Waals surface area contributed by atoms with E-state index in [0.717, 1.165) is 32.6 Å². The van der Waals surface area contributed by atoms with Gasteiger partial charge in [0, 0.05) is 23.9 Å². The van der Waals surface area contributed by atoms with E-state index in [4.69, 9.17) is 10.6 Å². The van der Waals surface area contributed by atoms with Crippen molar-refractivity contribution in [3.05, 3.63) is 43.1 Å². The summed E-state index contributed by atoms with van der Waals surface area (Å²) in [5.41, 5.74) is 4.23. The number of nitrogens with one attached hydrogen (secondary N) is 2. The molecule has 0 radical (unpaired) electrons. The van der Waals surface area contributed by atoms with Crippen LogP contribution in [0.15, 0.2) is 36.6 Å². The number of carbonyl (C=O) groups excluding carboxylic acids is 2. The molecule has 0 spiro atoms. The van der Waals surface area contributed by atoms with Crippen LogP contribution in [0.1, 0.15) is 12.6 Å². The lowest BCUT2D eigenvalue weighted by molar-refractivity contribution is -0.150. The molecule has 2 aromatic heterocycles. The second kappa shape index (κ2) is 10.8. The Morgan fingerprint density at radius 1 is 1.41 bits per heavy atom. The lowest BCUT2D eigenvalue weighted by Crippen LogP contribution is -2.71. The number of aromatic amines is 1. The Bertz CT molecular complexity index is 1450. The van der Waals surface area contributed by atoms with Crippen molar-refractivity contribution >= 4 is 63.5 Å². The number of carboxylic acids is 1. The van der Waals surface area contributed by atoms with Crippen molar-refractivity contribution in [2.24, 2.45) is 12.2 Å². The summed E-state index contributed by atoms with van der Waals surface area (Å²) in [7, 11) is 1.38. The van der Waals surface area contributed by atoms with E-state index in [1.807, 2.05) is 0 Å². The Morgan fingerprint density at radius 2 is 2.16 bits per heavy atom. The highest BCUT2D eigenvalue weighted by atomic mass is 32.2. The van der Waals surface area contributed by atoms with Crippen LogP contribution in [-0.4, -0.2) is 82.8 Å². The average molecular weight is 569 g/mol. The minimum atomic E-state index is -1.31. The lowest BCUT2D eigenvalue weighted by atomic mass is 10.0. The summed E-state index contributed by atoms with van der Waals surface area (Å²) in [6, 6.07) is -0.995. The van der Waals surface area contributed by atoms with Crippen molar-refractivity contribution < 1.29 is 24.3 Å². The summed E-state index contributed by atoms with van der Waals surface area (Å²) in [4.78, 5) is 71.4. The number of amides is 2. The number of rotatable bonds is 9. The van der Waals surface area contributed by atoms with Crippen LogP contribution in [0.3, 0.4) is 0 Å². The van der Waals surface area contributed by atoms with Gasteiger partial charge < -0.3 is 21.0 Å². The number of aliphatic carboxylic acids is 1. The average Bonchev–Trinajstić information content (AvgIpc) is 3.30. The molecule has 196 valence electrons. The molecule has 2 amide bonds. The van der Waals surface area contributed by atoms with Crippen molar-refractivity contribution in [3.63, 3.8) is 0 Å². The molecule has 0 bridgehead atoms. The summed E-state index contributed by atoms with van der Waals surface area (Å²) in [6.45, 7) is 1.88. The quantitative estimate of drug-likeness (QED) is 0.0920. The number of β-lactam (4-membered cyclic amide) rings is 1. The van der Waals surface area contributed by atoms with Gasteiger partial charge >= 0.3 is 17.1 Å². The molecule has 2 aliphatic heterocycles. The van der Waals surface area contributed by atoms with E-state index in [2.05, 4.69) is 25.7 Å². The van der Waals surface area contributed by atoms with Crippen molar-refractivity contribution in [1.82, 2.24) is 30.0 Å². The molecule has 37 heavy (non-hydrogen) atoms. The number of nitrogens with two attached hydrogens (primary N) is 1. The van der Waals surface area contributed by atoms with Crippen molar-refractivity contribution in [1.29, 1.82) is 0 Å². The molecule has 4 heterocycles. The monoisotopic (exact) mass is 568 g/mol. The predicted molar refractivity (Wildman–Crippen MR) is 135 cm³/mol. The minimum Gasteiger partial charge on any atom is -0.477 e. The normalized spacial score (nSPS) is 19.4. The van der Waals surface area contributed by atoms with Crippen molar-refractivity contribution in [2.75, 3.05) is 23.8 Å². The number of hydrogen-bond acceptors (Lipinski definition) is 13. The molecule has 5 N–H and O–H groups in total. The topological polar surface area (TPSA) is 215 Å². The number of carbonyl (C=O) groups is 3. The fourth-order valence-corrected chi connectivity index (χ4v) is 6.43. The first-order valence-electron chi connectivity index (χ1n) is 10.5. The first-order chi connectivity index (χ1) is 17.6. The largest absolute Gasteiger partial charge is 0.477 e. The zero-order valence-corrected chi connectivity index (χ0v) is 21.7. The number of nitrogen functional groups attached to an aromatic ring is 1. The Balaban J connectivity index is 1.51. The maximum Gasteiger partial charge on any atom is 0.352 e. The maximum absolute atomic E-state index is 13.0. The number of oxime groups is 1. The minimum absolute atomic E-state index is 0.102. The first-order valence-corrected chi connectivity index (χ1v) is 13.5. The van der Waals surface area contributed by atoms with Crippen LogP contribution in [0.5, 0.6) is 0 Å². The summed E-state index contributed by atoms with van der Waals surface area (Å²) in [5.74, 6) is -2.28. The highest BCUT2D eigenvalue weighted by Gasteiger charge is 2.54. The highest BCUT2D eigenvalue weighted by Crippen LogP contribution is 2.41. The van der Waals surface area contributed by atoms with Gasteiger partial charge in [0.05, 0.1) is 0 Å². The van der Waals surface area contributed by atoms with Crippen molar-refractivity contribution in [2.45, 2.75) is 23.5 Å².